The molecule has 1 aliphatic heterocycles. The van der Waals surface area contributed by atoms with Gasteiger partial charge in [0.1, 0.15) is 24.2 Å². The zero-order valence-corrected chi connectivity index (χ0v) is 42.2. The summed E-state index contributed by atoms with van der Waals surface area (Å²) in [5.74, 6) is -11.7. The molecule has 70 heavy (non-hydrogen) atoms. The average molecular weight is 1070 g/mol. The first-order valence-electron chi connectivity index (χ1n) is 22.7. The van der Waals surface area contributed by atoms with E-state index in [0.717, 1.165) is 12.5 Å². The first-order chi connectivity index (χ1) is 33.0. The number of carbonyl (C=O) groups is 11. The molecule has 11 atom stereocenters. The number of amides is 9. The number of hydrogen-bond donors (Lipinski definition) is 13. The van der Waals surface area contributed by atoms with Gasteiger partial charge in [0, 0.05) is 6.21 Å². The monoisotopic (exact) mass is 1070 g/mol. The van der Waals surface area contributed by atoms with Gasteiger partial charge in [-0.05, 0) is 19.3 Å². The van der Waals surface area contributed by atoms with E-state index in [1.807, 2.05) is 18.3 Å². The molecular weight excluding hydrogens is 1000 g/mol. The van der Waals surface area contributed by atoms with Gasteiger partial charge in [0.05, 0.1) is 12.8 Å². The Morgan fingerprint density at radius 1 is 0.743 bits per heavy atom. The first kappa shape index (κ1) is 60.0. The van der Waals surface area contributed by atoms with E-state index in [-0.39, 0.29) is 55.1 Å². The van der Waals surface area contributed by atoms with Crippen LogP contribution in [0.1, 0.15) is 78.2 Å². The number of hydrogen-bond acceptors (Lipinski definition) is 14. The van der Waals surface area contributed by atoms with Crippen molar-refractivity contribution in [1.82, 2.24) is 42.5 Å². The number of carboxylic acid groups (broad SMARTS) is 2. The van der Waals surface area contributed by atoms with Crippen molar-refractivity contribution < 1.29 is 63.0 Å². The van der Waals surface area contributed by atoms with Crippen molar-refractivity contribution in [2.75, 3.05) is 12.3 Å². The summed E-state index contributed by atoms with van der Waals surface area (Å²) in [6.45, 7) is 6.51. The van der Waals surface area contributed by atoms with E-state index in [9.17, 15) is 63.0 Å². The Labute approximate surface area is 419 Å². The third-order valence-electron chi connectivity index (χ3n) is 11.2. The average Bonchev–Trinajstić information content (AvgIpc) is 3.75. The molecule has 24 nitrogen and oxygen atoms in total. The molecule has 9 amide bonds. The number of carboxylic acids is 2. The van der Waals surface area contributed by atoms with Crippen molar-refractivity contribution in [3.63, 3.8) is 0 Å². The maximum absolute atomic E-state index is 14.2. The molecule has 2 rings (SSSR count). The quantitative estimate of drug-likeness (QED) is 0.0195. The summed E-state index contributed by atoms with van der Waals surface area (Å²) in [7, 11) is 0. The fourth-order valence-electron chi connectivity index (χ4n) is 6.85. The second-order valence-corrected chi connectivity index (χ2v) is 18.1. The summed E-state index contributed by atoms with van der Waals surface area (Å²) in [6, 6.07) is -2.88. The van der Waals surface area contributed by atoms with Gasteiger partial charge >= 0.3 is 232 Å². The van der Waals surface area contributed by atoms with Crippen LogP contribution in [0.25, 0.3) is 0 Å². The van der Waals surface area contributed by atoms with E-state index >= 15 is 0 Å². The smallest absolute Gasteiger partial charge is 0.481 e. The van der Waals surface area contributed by atoms with Crippen molar-refractivity contribution in [3.05, 3.63) is 35.9 Å². The van der Waals surface area contributed by atoms with Crippen molar-refractivity contribution in [2.24, 2.45) is 28.3 Å². The van der Waals surface area contributed by atoms with Crippen molar-refractivity contribution in [2.45, 2.75) is 139 Å². The number of benzene rings is 1. The molecule has 388 valence electrons. The van der Waals surface area contributed by atoms with Gasteiger partial charge in [-0.3, -0.25) is 33.8 Å². The molecule has 0 spiro atoms. The van der Waals surface area contributed by atoms with Crippen LogP contribution in [0.2, 0.25) is 5.32 Å². The van der Waals surface area contributed by atoms with Gasteiger partial charge in [-0.2, -0.15) is 0 Å². The fraction of sp³-hybridized carbons (Fsp3) is 0.591. The van der Waals surface area contributed by atoms with Gasteiger partial charge in [-0.1, -0.05) is 27.2 Å². The van der Waals surface area contributed by atoms with E-state index in [0.29, 0.717) is 12.8 Å². The third kappa shape index (κ3) is 20.5. The van der Waals surface area contributed by atoms with Crippen molar-refractivity contribution in [3.8, 4) is 0 Å². The van der Waals surface area contributed by atoms with Crippen molar-refractivity contribution >= 4 is 100.0 Å². The van der Waals surface area contributed by atoms with Gasteiger partial charge in [0.15, 0.2) is 0 Å². The normalized spacial score (nSPS) is 17.8. The Balaban J connectivity index is 2.29. The minimum absolute atomic E-state index is 0.0254. The Hall–Kier alpha value is -6.11. The molecule has 0 saturated carbocycles. The Bertz CT molecular complexity index is 2050. The topological polar surface area (TPSA) is 389 Å². The molecule has 1 aliphatic rings. The molecule has 0 aromatic heterocycles. The molecule has 0 aliphatic carbocycles. The summed E-state index contributed by atoms with van der Waals surface area (Å²) in [5.41, 5.74) is 12.0. The second kappa shape index (κ2) is 30.5. The number of carbonyl (C=O) groups excluding carboxylic acids is 9. The number of rotatable bonds is 31. The van der Waals surface area contributed by atoms with Crippen LogP contribution in [0.15, 0.2) is 35.3 Å². The summed E-state index contributed by atoms with van der Waals surface area (Å²) >= 11 is 6.42. The number of aliphatic carboxylic acids is 2. The van der Waals surface area contributed by atoms with Gasteiger partial charge in [0.2, 0.25) is 23.6 Å². The molecule has 0 radical (unpaired) electrons. The van der Waals surface area contributed by atoms with E-state index in [2.05, 4.69) is 70.9 Å². The first-order valence-corrected chi connectivity index (χ1v) is 24.6. The van der Waals surface area contributed by atoms with E-state index in [1.54, 1.807) is 44.3 Å². The predicted molar refractivity (Wildman–Crippen MR) is 259 cm³/mol. The maximum atomic E-state index is 14.2. The number of nitrogens with zero attached hydrogens (tertiary/aromatic N) is 1. The standard InChI is InChI=1S/C44H67N11O13SSe/c1-5-22(2)35(43(66)51-28(19-33(57)58)39(62)49-24(4)36(59)52-29(44(67)68)18-32(46)56)55-38(61)27(13-9-10-15-48-42(65)34-23(3)14-16-47-34)50-40(63)30(20-69)53-41(64)31(21-70)54-37(60)26(45)17-25-11-7-6-8-12-25/h6-8,11-12,16,22-24,26-31,34-35,69-70H,5,9-10,13-15,17-21,45H2,1-4H3,(H2,46,56)(H,48,65)(H,49,62)(H,50,63)(H,51,66)(H,52,59)(H,53,64)(H,54,60)(H,55,61)(H,57,58)(H,67,68)/t22-,23+,24-,26-,27-,28-,29-,30-,31-,34+,35-/m0/s1. The molecule has 14 N–H and O–H groups in total. The van der Waals surface area contributed by atoms with Gasteiger partial charge in [0.25, 0.3) is 0 Å². The number of aliphatic imine (C=N–C) groups is 1. The molecule has 26 heteroatoms. The number of primary amides is 1. The van der Waals surface area contributed by atoms with Crippen LogP contribution in [0.3, 0.4) is 0 Å². The van der Waals surface area contributed by atoms with Gasteiger partial charge in [-0.15, -0.1) is 0 Å². The Morgan fingerprint density at radius 2 is 1.31 bits per heavy atom. The summed E-state index contributed by atoms with van der Waals surface area (Å²) in [6.07, 6.45) is 1.59. The molecule has 1 heterocycles. The summed E-state index contributed by atoms with van der Waals surface area (Å²) in [5, 5.41) is 38.7. The van der Waals surface area contributed by atoms with E-state index in [4.69, 9.17) is 11.5 Å². The predicted octanol–water partition coefficient (Wildman–Crippen LogP) is -3.53. The van der Waals surface area contributed by atoms with Crippen LogP contribution in [0.4, 0.5) is 0 Å². The minimum atomic E-state index is -1.83. The Kier molecular flexibility index (Phi) is 26.1. The SMILES string of the molecule is CC[C@H](C)[C@H](NC(=O)[C@H](CCCCNC(=O)[C@@H]1N=CC[C@H]1C)NC(=O)[C@H](CS)NC(=O)[C@H](C[SeH])NC(=O)[C@@H](N)Cc1ccccc1)C(=O)N[C@@H](CC(=O)O)C(=O)N[C@@H](C)C(=O)N[C@@H](CC(N)=O)C(=O)O. The fourth-order valence-corrected chi connectivity index (χ4v) is 7.65. The third-order valence-corrected chi connectivity index (χ3v) is 12.4. The van der Waals surface area contributed by atoms with Crippen LogP contribution >= 0.6 is 12.6 Å². The van der Waals surface area contributed by atoms with Crippen LogP contribution in [0, 0.1) is 11.8 Å². The number of unbranched alkanes of at least 4 members (excludes halogenated alkanes) is 1. The molecule has 1 aromatic carbocycles. The van der Waals surface area contributed by atoms with E-state index in [1.165, 1.54) is 0 Å². The molecule has 0 saturated heterocycles. The molecule has 0 bridgehead atoms. The van der Waals surface area contributed by atoms with Gasteiger partial charge in [-0.25, -0.2) is 4.79 Å². The zero-order chi connectivity index (χ0) is 52.7. The molecule has 1 aromatic rings. The zero-order valence-electron chi connectivity index (χ0n) is 39.5. The van der Waals surface area contributed by atoms with Crippen LogP contribution in [0.5, 0.6) is 0 Å². The molecule has 0 unspecified atom stereocenters. The molecule has 0 fully saturated rings. The second-order valence-electron chi connectivity index (χ2n) is 17.0. The summed E-state index contributed by atoms with van der Waals surface area (Å²) < 4.78 is 0. The van der Waals surface area contributed by atoms with Crippen LogP contribution in [-0.2, 0) is 59.2 Å². The number of thiol groups is 1. The summed E-state index contributed by atoms with van der Waals surface area (Å²) in [4.78, 5) is 146. The van der Waals surface area contributed by atoms with Crippen LogP contribution in [-0.4, -0.2) is 164 Å². The van der Waals surface area contributed by atoms with Gasteiger partial charge < -0.3 is 37.2 Å². The number of nitrogens with two attached hydrogens (primary N) is 2. The number of nitrogens with one attached hydrogen (secondary N) is 8. The minimum Gasteiger partial charge on any atom is -0.481 e. The van der Waals surface area contributed by atoms with Crippen molar-refractivity contribution in [1.29, 1.82) is 0 Å². The molecular formula is C44H67N11O13SSe. The van der Waals surface area contributed by atoms with Crippen LogP contribution < -0.4 is 54.0 Å². The Morgan fingerprint density at radius 3 is 1.87 bits per heavy atom. The van der Waals surface area contributed by atoms with E-state index < -0.39 is 132 Å².